The fraction of sp³-hybridized carbons (Fsp3) is 1.00. The summed E-state index contributed by atoms with van der Waals surface area (Å²) in [5.41, 5.74) is 0. The second kappa shape index (κ2) is 6.38. The third kappa shape index (κ3) is 3.95. The van der Waals surface area contributed by atoms with Gasteiger partial charge < -0.3 is 14.8 Å². The van der Waals surface area contributed by atoms with E-state index < -0.39 is 0 Å². The minimum atomic E-state index is 0.296. The molecule has 0 aromatic rings. The summed E-state index contributed by atoms with van der Waals surface area (Å²) in [5, 5.41) is 3.51. The number of ether oxygens (including phenoxy) is 2. The number of hydrogen-bond acceptors (Lipinski definition) is 3. The topological polar surface area (TPSA) is 30.5 Å². The standard InChI is InChI=1S/C11H23NO2/c1-4-10(5-2)12-6-9(3)14-11-7-13-8-11/h9-12H,4-8H2,1-3H3. The van der Waals surface area contributed by atoms with Crippen molar-refractivity contribution in [2.75, 3.05) is 19.8 Å². The molecule has 0 aromatic heterocycles. The van der Waals surface area contributed by atoms with Crippen molar-refractivity contribution in [3.63, 3.8) is 0 Å². The zero-order chi connectivity index (χ0) is 10.4. The molecule has 0 spiro atoms. The summed E-state index contributed by atoms with van der Waals surface area (Å²) in [7, 11) is 0. The smallest absolute Gasteiger partial charge is 0.104 e. The lowest BCUT2D eigenvalue weighted by atomic mass is 10.1. The van der Waals surface area contributed by atoms with Gasteiger partial charge in [-0.3, -0.25) is 0 Å². The van der Waals surface area contributed by atoms with Gasteiger partial charge in [-0.15, -0.1) is 0 Å². The lowest BCUT2D eigenvalue weighted by molar-refractivity contribution is -0.150. The molecule has 14 heavy (non-hydrogen) atoms. The minimum Gasteiger partial charge on any atom is -0.376 e. The lowest BCUT2D eigenvalue weighted by Gasteiger charge is -2.30. The van der Waals surface area contributed by atoms with Crippen molar-refractivity contribution in [3.8, 4) is 0 Å². The minimum absolute atomic E-state index is 0.296. The van der Waals surface area contributed by atoms with Gasteiger partial charge in [-0.05, 0) is 19.8 Å². The summed E-state index contributed by atoms with van der Waals surface area (Å²) in [6, 6.07) is 0.638. The Morgan fingerprint density at radius 2 is 2.00 bits per heavy atom. The quantitative estimate of drug-likeness (QED) is 0.678. The van der Waals surface area contributed by atoms with E-state index >= 15 is 0 Å². The van der Waals surface area contributed by atoms with Crippen LogP contribution in [0.2, 0.25) is 0 Å². The summed E-state index contributed by atoms with van der Waals surface area (Å²) in [5.74, 6) is 0. The van der Waals surface area contributed by atoms with E-state index in [1.54, 1.807) is 0 Å². The Bertz CT molecular complexity index is 144. The predicted molar refractivity (Wildman–Crippen MR) is 57.5 cm³/mol. The molecule has 0 amide bonds. The van der Waals surface area contributed by atoms with Crippen LogP contribution in [0.5, 0.6) is 0 Å². The molecule has 3 heteroatoms. The van der Waals surface area contributed by atoms with Crippen LogP contribution in [-0.4, -0.2) is 38.0 Å². The molecule has 1 N–H and O–H groups in total. The van der Waals surface area contributed by atoms with Gasteiger partial charge in [0.15, 0.2) is 0 Å². The molecule has 84 valence electrons. The average molecular weight is 201 g/mol. The van der Waals surface area contributed by atoms with Gasteiger partial charge in [0, 0.05) is 12.6 Å². The Morgan fingerprint density at radius 3 is 2.43 bits per heavy atom. The molecule has 1 atom stereocenters. The van der Waals surface area contributed by atoms with Crippen LogP contribution in [0, 0.1) is 0 Å². The first kappa shape index (κ1) is 12.0. The zero-order valence-electron chi connectivity index (χ0n) is 9.58. The molecular formula is C11H23NO2. The van der Waals surface area contributed by atoms with Crippen molar-refractivity contribution in [2.45, 2.75) is 51.9 Å². The van der Waals surface area contributed by atoms with Gasteiger partial charge in [0.05, 0.1) is 19.3 Å². The van der Waals surface area contributed by atoms with E-state index in [-0.39, 0.29) is 0 Å². The van der Waals surface area contributed by atoms with E-state index in [4.69, 9.17) is 9.47 Å². The van der Waals surface area contributed by atoms with E-state index in [0.29, 0.717) is 18.2 Å². The predicted octanol–water partition coefficient (Wildman–Crippen LogP) is 1.57. The van der Waals surface area contributed by atoms with Crippen LogP contribution >= 0.6 is 0 Å². The number of nitrogens with one attached hydrogen (secondary N) is 1. The van der Waals surface area contributed by atoms with Crippen molar-refractivity contribution in [1.29, 1.82) is 0 Å². The second-order valence-electron chi connectivity index (χ2n) is 4.03. The molecular weight excluding hydrogens is 178 g/mol. The van der Waals surface area contributed by atoms with E-state index in [2.05, 4.69) is 26.1 Å². The Labute approximate surface area is 87.2 Å². The Hall–Kier alpha value is -0.120. The normalized spacial score (nSPS) is 19.7. The summed E-state index contributed by atoms with van der Waals surface area (Å²) < 4.78 is 10.8. The number of hydrogen-bond donors (Lipinski definition) is 1. The molecule has 1 aliphatic heterocycles. The molecule has 3 nitrogen and oxygen atoms in total. The van der Waals surface area contributed by atoms with Crippen LogP contribution in [0.25, 0.3) is 0 Å². The molecule has 1 fully saturated rings. The summed E-state index contributed by atoms with van der Waals surface area (Å²) in [4.78, 5) is 0. The molecule has 1 saturated heterocycles. The first-order chi connectivity index (χ1) is 6.76. The van der Waals surface area contributed by atoms with Crippen LogP contribution < -0.4 is 5.32 Å². The van der Waals surface area contributed by atoms with E-state index in [0.717, 1.165) is 19.8 Å². The fourth-order valence-corrected chi connectivity index (χ4v) is 1.58. The van der Waals surface area contributed by atoms with Gasteiger partial charge in [0.25, 0.3) is 0 Å². The van der Waals surface area contributed by atoms with E-state index in [1.165, 1.54) is 12.8 Å². The van der Waals surface area contributed by atoms with E-state index in [1.807, 2.05) is 0 Å². The van der Waals surface area contributed by atoms with E-state index in [9.17, 15) is 0 Å². The summed E-state index contributed by atoms with van der Waals surface area (Å²) >= 11 is 0. The molecule has 1 heterocycles. The monoisotopic (exact) mass is 201 g/mol. The van der Waals surface area contributed by atoms with Crippen LogP contribution in [0.1, 0.15) is 33.6 Å². The highest BCUT2D eigenvalue weighted by molar-refractivity contribution is 4.70. The maximum atomic E-state index is 5.74. The van der Waals surface area contributed by atoms with Crippen LogP contribution in [0.15, 0.2) is 0 Å². The Kier molecular flexibility index (Phi) is 5.45. The molecule has 0 aromatic carbocycles. The highest BCUT2D eigenvalue weighted by atomic mass is 16.6. The molecule has 1 unspecified atom stereocenters. The maximum Gasteiger partial charge on any atom is 0.104 e. The first-order valence-corrected chi connectivity index (χ1v) is 5.72. The fourth-order valence-electron chi connectivity index (χ4n) is 1.58. The third-order valence-corrected chi connectivity index (χ3v) is 2.71. The zero-order valence-corrected chi connectivity index (χ0v) is 9.58. The van der Waals surface area contributed by atoms with Crippen molar-refractivity contribution in [2.24, 2.45) is 0 Å². The van der Waals surface area contributed by atoms with Gasteiger partial charge in [0.1, 0.15) is 6.10 Å². The average Bonchev–Trinajstić information content (AvgIpc) is 2.13. The molecule has 0 saturated carbocycles. The SMILES string of the molecule is CCC(CC)NCC(C)OC1COC1. The highest BCUT2D eigenvalue weighted by Crippen LogP contribution is 2.08. The molecule has 0 aliphatic carbocycles. The van der Waals surface area contributed by atoms with Gasteiger partial charge in [0.2, 0.25) is 0 Å². The summed E-state index contributed by atoms with van der Waals surface area (Å²) in [6.45, 7) is 9.04. The van der Waals surface area contributed by atoms with Crippen LogP contribution in [-0.2, 0) is 9.47 Å². The number of rotatable bonds is 7. The molecule has 0 radical (unpaired) electrons. The van der Waals surface area contributed by atoms with Gasteiger partial charge in [-0.25, -0.2) is 0 Å². The maximum absolute atomic E-state index is 5.74. The Morgan fingerprint density at radius 1 is 1.36 bits per heavy atom. The summed E-state index contributed by atoms with van der Waals surface area (Å²) in [6.07, 6.45) is 3.02. The third-order valence-electron chi connectivity index (χ3n) is 2.71. The largest absolute Gasteiger partial charge is 0.376 e. The van der Waals surface area contributed by atoms with Crippen LogP contribution in [0.4, 0.5) is 0 Å². The molecule has 1 aliphatic rings. The second-order valence-corrected chi connectivity index (χ2v) is 4.03. The Balaban J connectivity index is 2.03. The van der Waals surface area contributed by atoms with Gasteiger partial charge in [-0.1, -0.05) is 13.8 Å². The first-order valence-electron chi connectivity index (χ1n) is 5.72. The van der Waals surface area contributed by atoms with Crippen molar-refractivity contribution in [3.05, 3.63) is 0 Å². The van der Waals surface area contributed by atoms with Crippen LogP contribution in [0.3, 0.4) is 0 Å². The van der Waals surface area contributed by atoms with Crippen molar-refractivity contribution < 1.29 is 9.47 Å². The molecule has 0 bridgehead atoms. The highest BCUT2D eigenvalue weighted by Gasteiger charge is 2.21. The molecule has 1 rings (SSSR count). The van der Waals surface area contributed by atoms with Crippen molar-refractivity contribution in [1.82, 2.24) is 5.32 Å². The van der Waals surface area contributed by atoms with Gasteiger partial charge in [-0.2, -0.15) is 0 Å². The lowest BCUT2D eigenvalue weighted by Crippen LogP contribution is -2.42. The van der Waals surface area contributed by atoms with Crippen molar-refractivity contribution >= 4 is 0 Å². The van der Waals surface area contributed by atoms with Gasteiger partial charge >= 0.3 is 0 Å².